The molecule has 0 heterocycles. The zero-order valence-corrected chi connectivity index (χ0v) is 17.4. The molecular formula is C20H22ClF3N2O3S. The van der Waals surface area contributed by atoms with Gasteiger partial charge in [0, 0.05) is 26.3 Å². The number of nitrogens with two attached hydrogens (primary N) is 1. The van der Waals surface area contributed by atoms with Gasteiger partial charge in [0.2, 0.25) is 0 Å². The first-order chi connectivity index (χ1) is 13.9. The van der Waals surface area contributed by atoms with Crippen molar-refractivity contribution in [3.63, 3.8) is 0 Å². The molecule has 2 aromatic carbocycles. The normalized spacial score (nSPS) is 15.9. The lowest BCUT2D eigenvalue weighted by Gasteiger charge is -2.23. The second kappa shape index (κ2) is 9.80. The molecule has 0 aromatic heterocycles. The summed E-state index contributed by atoms with van der Waals surface area (Å²) in [5, 5.41) is 8.68. The molecule has 3 atom stereocenters. The Morgan fingerprint density at radius 2 is 1.70 bits per heavy atom. The molecule has 10 heteroatoms. The lowest BCUT2D eigenvalue weighted by atomic mass is 9.93. The van der Waals surface area contributed by atoms with Crippen molar-refractivity contribution in [2.75, 3.05) is 11.5 Å². The molecule has 2 aromatic rings. The maximum Gasteiger partial charge on any atom is 0.395 e. The third-order valence-electron chi connectivity index (χ3n) is 4.69. The van der Waals surface area contributed by atoms with E-state index >= 15 is 0 Å². The summed E-state index contributed by atoms with van der Waals surface area (Å²) in [5.74, 6) is -4.23. The quantitative estimate of drug-likeness (QED) is 0.493. The van der Waals surface area contributed by atoms with Gasteiger partial charge in [-0.3, -0.25) is 9.57 Å². The average molecular weight is 463 g/mol. The zero-order chi connectivity index (χ0) is 22.5. The third-order valence-corrected chi connectivity index (χ3v) is 6.81. The summed E-state index contributed by atoms with van der Waals surface area (Å²) < 4.78 is 61.2. The predicted octanol–water partition coefficient (Wildman–Crippen LogP) is 4.89. The van der Waals surface area contributed by atoms with Crippen LogP contribution < -0.4 is 5.73 Å². The molecule has 0 saturated heterocycles. The molecule has 0 aliphatic rings. The van der Waals surface area contributed by atoms with Crippen molar-refractivity contribution >= 4 is 27.3 Å². The summed E-state index contributed by atoms with van der Waals surface area (Å²) in [6.07, 6.45) is -5.50. The Labute approximate surface area is 178 Å². The van der Waals surface area contributed by atoms with Crippen LogP contribution in [-0.4, -0.2) is 39.0 Å². The summed E-state index contributed by atoms with van der Waals surface area (Å²) in [6.45, 7) is 0. The summed E-state index contributed by atoms with van der Waals surface area (Å²) >= 11 is 6.17. The Bertz CT molecular complexity index is 983. The summed E-state index contributed by atoms with van der Waals surface area (Å²) in [5.41, 5.74) is 6.63. The van der Waals surface area contributed by atoms with Crippen LogP contribution in [0.2, 0.25) is 5.02 Å². The fourth-order valence-electron chi connectivity index (χ4n) is 2.97. The molecule has 0 spiro atoms. The number of benzene rings is 2. The lowest BCUT2D eigenvalue weighted by molar-refractivity contribution is -0.150. The molecule has 2 unspecified atom stereocenters. The number of hydrogen-bond acceptors (Lipinski definition) is 4. The molecule has 0 radical (unpaired) electrons. The molecule has 4 N–H and O–H groups in total. The molecule has 0 amide bonds. The van der Waals surface area contributed by atoms with Crippen LogP contribution in [0, 0.1) is 4.78 Å². The number of carboxylic acid groups (broad SMARTS) is 1. The highest BCUT2D eigenvalue weighted by Crippen LogP contribution is 2.41. The molecule has 5 nitrogen and oxygen atoms in total. The first-order valence-corrected chi connectivity index (χ1v) is 11.3. The van der Waals surface area contributed by atoms with Crippen molar-refractivity contribution in [2.45, 2.75) is 31.0 Å². The SMILES string of the molecule is N=S(=O)(CCC(c1ccc(-c2ccccc2)cc1Cl)C(F)(F)F)CC[C@H](N)C(=O)O. The summed E-state index contributed by atoms with van der Waals surface area (Å²) in [6, 6.07) is 12.0. The van der Waals surface area contributed by atoms with E-state index in [1.165, 1.54) is 12.1 Å². The van der Waals surface area contributed by atoms with Crippen molar-refractivity contribution in [3.8, 4) is 11.1 Å². The first-order valence-electron chi connectivity index (χ1n) is 9.05. The average Bonchev–Trinajstić information content (AvgIpc) is 2.67. The molecule has 0 saturated carbocycles. The number of carboxylic acids is 1. The molecule has 0 bridgehead atoms. The molecule has 0 aliphatic carbocycles. The van der Waals surface area contributed by atoms with Crippen LogP contribution in [0.3, 0.4) is 0 Å². The van der Waals surface area contributed by atoms with Crippen molar-refractivity contribution in [1.29, 1.82) is 4.78 Å². The largest absolute Gasteiger partial charge is 0.480 e. The van der Waals surface area contributed by atoms with Crippen LogP contribution in [0.1, 0.15) is 24.3 Å². The standard InChI is InChI=1S/C20H22ClF3N2O3S/c21-17-12-14(13-4-2-1-3-5-13)6-7-15(17)16(20(22,23)24)8-10-30(26,29)11-9-18(25)19(27)28/h1-7,12,16,18,26H,8-11,25H2,(H,27,28)/t16?,18-,30?/m0/s1. The maximum atomic E-state index is 13.7. The van der Waals surface area contributed by atoms with E-state index in [-0.39, 0.29) is 22.8 Å². The van der Waals surface area contributed by atoms with Crippen LogP contribution in [-0.2, 0) is 14.5 Å². The first kappa shape index (κ1) is 24.2. The molecule has 164 valence electrons. The van der Waals surface area contributed by atoms with E-state index in [0.29, 0.717) is 5.56 Å². The van der Waals surface area contributed by atoms with Gasteiger partial charge in [-0.1, -0.05) is 54.1 Å². The highest BCUT2D eigenvalue weighted by molar-refractivity contribution is 7.92. The van der Waals surface area contributed by atoms with E-state index in [1.54, 1.807) is 18.2 Å². The number of aliphatic carboxylic acids is 1. The lowest BCUT2D eigenvalue weighted by Crippen LogP contribution is -2.32. The van der Waals surface area contributed by atoms with Crippen LogP contribution in [0.4, 0.5) is 13.2 Å². The van der Waals surface area contributed by atoms with Gasteiger partial charge in [-0.25, -0.2) is 4.21 Å². The number of halogens is 4. The van der Waals surface area contributed by atoms with Gasteiger partial charge < -0.3 is 10.8 Å². The Morgan fingerprint density at radius 3 is 2.23 bits per heavy atom. The Morgan fingerprint density at radius 1 is 1.10 bits per heavy atom. The predicted molar refractivity (Wildman–Crippen MR) is 111 cm³/mol. The number of nitrogens with one attached hydrogen (secondary N) is 1. The van der Waals surface area contributed by atoms with Crippen molar-refractivity contribution in [1.82, 2.24) is 0 Å². The van der Waals surface area contributed by atoms with Gasteiger partial charge in [0.25, 0.3) is 0 Å². The van der Waals surface area contributed by atoms with E-state index in [0.717, 1.165) is 5.56 Å². The zero-order valence-electron chi connectivity index (χ0n) is 15.9. The maximum absolute atomic E-state index is 13.7. The van der Waals surface area contributed by atoms with E-state index in [2.05, 4.69) is 0 Å². The Kier molecular flexibility index (Phi) is 7.90. The molecule has 2 rings (SSSR count). The van der Waals surface area contributed by atoms with Crippen molar-refractivity contribution in [3.05, 3.63) is 59.1 Å². The number of carbonyl (C=O) groups is 1. The second-order valence-electron chi connectivity index (χ2n) is 6.94. The van der Waals surface area contributed by atoms with Gasteiger partial charge in [-0.2, -0.15) is 13.2 Å². The van der Waals surface area contributed by atoms with E-state index in [9.17, 15) is 22.2 Å². The van der Waals surface area contributed by atoms with Gasteiger partial charge in [0.15, 0.2) is 0 Å². The highest BCUT2D eigenvalue weighted by Gasteiger charge is 2.41. The summed E-state index contributed by atoms with van der Waals surface area (Å²) in [4.78, 5) is 10.7. The van der Waals surface area contributed by atoms with E-state index in [1.807, 2.05) is 18.2 Å². The molecular weight excluding hydrogens is 441 g/mol. The Hall–Kier alpha value is -2.10. The topological polar surface area (TPSA) is 104 Å². The minimum atomic E-state index is -4.65. The van der Waals surface area contributed by atoms with Crippen LogP contribution in [0.15, 0.2) is 48.5 Å². The minimum Gasteiger partial charge on any atom is -0.480 e. The molecule has 0 fully saturated rings. The molecule has 0 aliphatic heterocycles. The van der Waals surface area contributed by atoms with Crippen LogP contribution in [0.5, 0.6) is 0 Å². The van der Waals surface area contributed by atoms with Gasteiger partial charge in [-0.15, -0.1) is 0 Å². The van der Waals surface area contributed by atoms with Gasteiger partial charge in [-0.05, 0) is 35.6 Å². The van der Waals surface area contributed by atoms with E-state index in [4.69, 9.17) is 27.2 Å². The number of hydrogen-bond donors (Lipinski definition) is 3. The smallest absolute Gasteiger partial charge is 0.395 e. The van der Waals surface area contributed by atoms with E-state index < -0.39 is 46.0 Å². The molecule has 30 heavy (non-hydrogen) atoms. The number of alkyl halides is 3. The Balaban J connectivity index is 2.19. The monoisotopic (exact) mass is 462 g/mol. The van der Waals surface area contributed by atoms with Crippen LogP contribution in [0.25, 0.3) is 11.1 Å². The van der Waals surface area contributed by atoms with Gasteiger partial charge >= 0.3 is 12.1 Å². The van der Waals surface area contributed by atoms with Gasteiger partial charge in [0.1, 0.15) is 6.04 Å². The van der Waals surface area contributed by atoms with Crippen LogP contribution >= 0.6 is 11.6 Å². The fourth-order valence-corrected chi connectivity index (χ4v) is 4.73. The van der Waals surface area contributed by atoms with Crippen molar-refractivity contribution < 1.29 is 27.3 Å². The second-order valence-corrected chi connectivity index (χ2v) is 9.79. The fraction of sp³-hybridized carbons (Fsp3) is 0.350. The number of rotatable bonds is 9. The van der Waals surface area contributed by atoms with Crippen molar-refractivity contribution in [2.24, 2.45) is 5.73 Å². The highest BCUT2D eigenvalue weighted by atomic mass is 35.5. The van der Waals surface area contributed by atoms with Gasteiger partial charge in [0.05, 0.1) is 5.92 Å². The third kappa shape index (κ3) is 6.72. The minimum absolute atomic E-state index is 0.0666. The summed E-state index contributed by atoms with van der Waals surface area (Å²) in [7, 11) is -3.42.